The molecule has 0 saturated heterocycles. The molecule has 0 amide bonds. The number of hydrogen-bond donors (Lipinski definition) is 1. The number of hydrogen-bond acceptors (Lipinski definition) is 2. The Balaban J connectivity index is 1.84. The molecule has 1 fully saturated rings. The van der Waals surface area contributed by atoms with Crippen LogP contribution < -0.4 is 10.5 Å². The number of ether oxygens (including phenoxy) is 1. The van der Waals surface area contributed by atoms with Gasteiger partial charge in [0.25, 0.3) is 0 Å². The monoisotopic (exact) mass is 275 g/mol. The highest BCUT2D eigenvalue weighted by Crippen LogP contribution is 2.33. The fourth-order valence-corrected chi connectivity index (χ4v) is 3.55. The lowest BCUT2D eigenvalue weighted by Gasteiger charge is -2.32. The van der Waals surface area contributed by atoms with E-state index in [9.17, 15) is 0 Å². The van der Waals surface area contributed by atoms with Gasteiger partial charge in [-0.25, -0.2) is 0 Å². The summed E-state index contributed by atoms with van der Waals surface area (Å²) in [6, 6.07) is 8.61. The number of rotatable bonds is 6. The maximum atomic E-state index is 6.45. The van der Waals surface area contributed by atoms with Crippen molar-refractivity contribution in [2.45, 2.75) is 57.9 Å². The minimum Gasteiger partial charge on any atom is -0.497 e. The Morgan fingerprint density at radius 1 is 1.25 bits per heavy atom. The van der Waals surface area contributed by atoms with Gasteiger partial charge in [0.2, 0.25) is 0 Å². The van der Waals surface area contributed by atoms with Gasteiger partial charge < -0.3 is 10.5 Å². The molecule has 1 saturated carbocycles. The maximum Gasteiger partial charge on any atom is 0.119 e. The quantitative estimate of drug-likeness (QED) is 0.845. The van der Waals surface area contributed by atoms with Crippen LogP contribution in [-0.4, -0.2) is 13.2 Å². The highest BCUT2D eigenvalue weighted by atomic mass is 16.5. The molecule has 112 valence electrons. The minimum absolute atomic E-state index is 0.296. The van der Waals surface area contributed by atoms with Gasteiger partial charge in [0, 0.05) is 6.04 Å². The summed E-state index contributed by atoms with van der Waals surface area (Å²) in [5.41, 5.74) is 7.75. The molecule has 1 aliphatic carbocycles. The fraction of sp³-hybridized carbons (Fsp3) is 0.667. The van der Waals surface area contributed by atoms with Gasteiger partial charge in [-0.1, -0.05) is 44.7 Å². The third kappa shape index (κ3) is 4.24. The normalized spacial score (nSPS) is 24.4. The third-order valence-electron chi connectivity index (χ3n) is 4.80. The van der Waals surface area contributed by atoms with Crippen molar-refractivity contribution >= 4 is 0 Å². The fourth-order valence-electron chi connectivity index (χ4n) is 3.55. The Morgan fingerprint density at radius 2 is 2.00 bits per heavy atom. The molecule has 0 spiro atoms. The van der Waals surface area contributed by atoms with Crippen LogP contribution in [0.3, 0.4) is 0 Å². The largest absolute Gasteiger partial charge is 0.497 e. The molecule has 0 bridgehead atoms. The SMILES string of the molecule is CCCC1CCC(C(N)Cc2cccc(OC)c2)CC1. The van der Waals surface area contributed by atoms with E-state index in [0.717, 1.165) is 18.1 Å². The molecule has 1 aromatic carbocycles. The predicted octanol–water partition coefficient (Wildman–Crippen LogP) is 4.17. The highest BCUT2D eigenvalue weighted by molar-refractivity contribution is 5.29. The van der Waals surface area contributed by atoms with Crippen molar-refractivity contribution in [1.82, 2.24) is 0 Å². The Morgan fingerprint density at radius 3 is 2.65 bits per heavy atom. The topological polar surface area (TPSA) is 35.2 Å². The molecule has 1 aliphatic rings. The Bertz CT molecular complexity index is 396. The number of methoxy groups -OCH3 is 1. The molecule has 20 heavy (non-hydrogen) atoms. The Hall–Kier alpha value is -1.02. The maximum absolute atomic E-state index is 6.45. The van der Waals surface area contributed by atoms with Crippen molar-refractivity contribution < 1.29 is 4.74 Å². The smallest absolute Gasteiger partial charge is 0.119 e. The van der Waals surface area contributed by atoms with E-state index in [1.807, 2.05) is 6.07 Å². The van der Waals surface area contributed by atoms with Crippen LogP contribution in [0.15, 0.2) is 24.3 Å². The minimum atomic E-state index is 0.296. The molecule has 1 unspecified atom stereocenters. The molecule has 0 radical (unpaired) electrons. The standard InChI is InChI=1S/C18H29NO/c1-3-5-14-8-10-16(11-9-14)18(19)13-15-6-4-7-17(12-15)20-2/h4,6-7,12,14,16,18H,3,5,8-11,13,19H2,1-2H3. The summed E-state index contributed by atoms with van der Waals surface area (Å²) < 4.78 is 5.28. The van der Waals surface area contributed by atoms with E-state index >= 15 is 0 Å². The first-order chi connectivity index (χ1) is 9.72. The van der Waals surface area contributed by atoms with E-state index in [1.165, 1.54) is 44.1 Å². The first-order valence-corrected chi connectivity index (χ1v) is 8.11. The zero-order valence-corrected chi connectivity index (χ0v) is 13.0. The van der Waals surface area contributed by atoms with Crippen molar-refractivity contribution in [3.63, 3.8) is 0 Å². The molecule has 0 heterocycles. The summed E-state index contributed by atoms with van der Waals surface area (Å²) in [6.07, 6.45) is 9.09. The summed E-state index contributed by atoms with van der Waals surface area (Å²) in [5, 5.41) is 0. The van der Waals surface area contributed by atoms with Crippen LogP contribution in [-0.2, 0) is 6.42 Å². The lowest BCUT2D eigenvalue weighted by molar-refractivity contribution is 0.232. The zero-order chi connectivity index (χ0) is 14.4. The first-order valence-electron chi connectivity index (χ1n) is 8.11. The molecule has 1 atom stereocenters. The molecule has 0 aliphatic heterocycles. The van der Waals surface area contributed by atoms with E-state index in [1.54, 1.807) is 7.11 Å². The van der Waals surface area contributed by atoms with Gasteiger partial charge in [-0.15, -0.1) is 0 Å². The van der Waals surface area contributed by atoms with Crippen molar-refractivity contribution in [2.24, 2.45) is 17.6 Å². The molecule has 2 rings (SSSR count). The molecular weight excluding hydrogens is 246 g/mol. The van der Waals surface area contributed by atoms with Crippen LogP contribution in [0.1, 0.15) is 51.0 Å². The Labute approximate surface area is 123 Å². The second-order valence-corrected chi connectivity index (χ2v) is 6.29. The van der Waals surface area contributed by atoms with E-state index in [-0.39, 0.29) is 0 Å². The van der Waals surface area contributed by atoms with E-state index in [0.29, 0.717) is 12.0 Å². The van der Waals surface area contributed by atoms with E-state index in [4.69, 9.17) is 10.5 Å². The Kier molecular flexibility index (Phi) is 5.90. The first kappa shape index (κ1) is 15.4. The van der Waals surface area contributed by atoms with Crippen molar-refractivity contribution in [3.8, 4) is 5.75 Å². The molecule has 2 heteroatoms. The summed E-state index contributed by atoms with van der Waals surface area (Å²) >= 11 is 0. The molecule has 0 aromatic heterocycles. The lowest BCUT2D eigenvalue weighted by atomic mass is 9.76. The zero-order valence-electron chi connectivity index (χ0n) is 13.0. The summed E-state index contributed by atoms with van der Waals surface area (Å²) in [7, 11) is 1.72. The van der Waals surface area contributed by atoms with Crippen molar-refractivity contribution in [3.05, 3.63) is 29.8 Å². The van der Waals surface area contributed by atoms with Crippen LogP contribution in [0.5, 0.6) is 5.75 Å². The predicted molar refractivity (Wildman–Crippen MR) is 85.0 cm³/mol. The summed E-state index contributed by atoms with van der Waals surface area (Å²) in [5.74, 6) is 2.59. The molecular formula is C18H29NO. The van der Waals surface area contributed by atoms with Gasteiger partial charge in [-0.3, -0.25) is 0 Å². The average Bonchev–Trinajstić information content (AvgIpc) is 2.48. The van der Waals surface area contributed by atoms with Crippen LogP contribution in [0.4, 0.5) is 0 Å². The van der Waals surface area contributed by atoms with Gasteiger partial charge >= 0.3 is 0 Å². The van der Waals surface area contributed by atoms with Crippen LogP contribution in [0.2, 0.25) is 0 Å². The van der Waals surface area contributed by atoms with Crippen molar-refractivity contribution in [2.75, 3.05) is 7.11 Å². The highest BCUT2D eigenvalue weighted by Gasteiger charge is 2.25. The summed E-state index contributed by atoms with van der Waals surface area (Å²) in [4.78, 5) is 0. The average molecular weight is 275 g/mol. The molecule has 1 aromatic rings. The third-order valence-corrected chi connectivity index (χ3v) is 4.80. The summed E-state index contributed by atoms with van der Waals surface area (Å²) in [6.45, 7) is 2.29. The number of nitrogens with two attached hydrogens (primary N) is 1. The van der Waals surface area contributed by atoms with Crippen LogP contribution >= 0.6 is 0 Å². The number of benzene rings is 1. The second kappa shape index (κ2) is 7.68. The van der Waals surface area contributed by atoms with Crippen LogP contribution in [0, 0.1) is 11.8 Å². The van der Waals surface area contributed by atoms with Crippen LogP contribution in [0.25, 0.3) is 0 Å². The second-order valence-electron chi connectivity index (χ2n) is 6.29. The van der Waals surface area contributed by atoms with E-state index in [2.05, 4.69) is 25.1 Å². The van der Waals surface area contributed by atoms with Gasteiger partial charge in [0.1, 0.15) is 5.75 Å². The van der Waals surface area contributed by atoms with Gasteiger partial charge in [-0.2, -0.15) is 0 Å². The molecule has 2 N–H and O–H groups in total. The van der Waals surface area contributed by atoms with Gasteiger partial charge in [0.15, 0.2) is 0 Å². The van der Waals surface area contributed by atoms with Crippen molar-refractivity contribution in [1.29, 1.82) is 0 Å². The lowest BCUT2D eigenvalue weighted by Crippen LogP contribution is -2.34. The van der Waals surface area contributed by atoms with E-state index < -0.39 is 0 Å². The molecule has 2 nitrogen and oxygen atoms in total. The van der Waals surface area contributed by atoms with Gasteiger partial charge in [0.05, 0.1) is 7.11 Å². The van der Waals surface area contributed by atoms with Gasteiger partial charge in [-0.05, 0) is 48.8 Å².